The summed E-state index contributed by atoms with van der Waals surface area (Å²) in [5.74, 6) is -0.889. The highest BCUT2D eigenvalue weighted by Crippen LogP contribution is 2.22. The number of rotatable bonds is 4. The third-order valence-electron chi connectivity index (χ3n) is 2.80. The molecule has 1 saturated heterocycles. The minimum atomic E-state index is -0.566. The van der Waals surface area contributed by atoms with Crippen LogP contribution in [0.4, 0.5) is 5.88 Å². The number of amides is 1. The van der Waals surface area contributed by atoms with Crippen LogP contribution < -0.4 is 5.32 Å². The maximum atomic E-state index is 11.9. The molecule has 19 heavy (non-hydrogen) atoms. The second-order valence-electron chi connectivity index (χ2n) is 4.18. The smallest absolute Gasteiger partial charge is 0.345 e. The minimum Gasteiger partial charge on any atom is -0.462 e. The molecule has 2 rings (SSSR count). The predicted molar refractivity (Wildman–Crippen MR) is 64.8 cm³/mol. The molecule has 0 aliphatic carbocycles. The predicted octanol–water partition coefficient (Wildman–Crippen LogP) is 1.28. The monoisotopic (exact) mass is 268 g/mol. The normalized spacial score (nSPS) is 18.3. The lowest BCUT2D eigenvalue weighted by atomic mass is 10.2. The molecule has 1 aliphatic heterocycles. The third kappa shape index (κ3) is 2.93. The van der Waals surface area contributed by atoms with Crippen molar-refractivity contribution in [2.24, 2.45) is 0 Å². The molecule has 0 bridgehead atoms. The van der Waals surface area contributed by atoms with Gasteiger partial charge >= 0.3 is 5.97 Å². The van der Waals surface area contributed by atoms with Crippen molar-refractivity contribution in [2.45, 2.75) is 32.8 Å². The Bertz CT molecular complexity index is 476. The van der Waals surface area contributed by atoms with Gasteiger partial charge in [0.1, 0.15) is 11.7 Å². The van der Waals surface area contributed by atoms with Crippen molar-refractivity contribution in [3.8, 4) is 0 Å². The number of hydrogen-bond donors (Lipinski definition) is 1. The number of aryl methyl sites for hydroxylation is 1. The maximum Gasteiger partial charge on any atom is 0.345 e. The number of aromatic nitrogens is 1. The fourth-order valence-electron chi connectivity index (χ4n) is 1.88. The van der Waals surface area contributed by atoms with Crippen LogP contribution in [-0.4, -0.2) is 36.4 Å². The molecule has 0 saturated carbocycles. The topological polar surface area (TPSA) is 90.7 Å². The molecule has 0 aromatic carbocycles. The van der Waals surface area contributed by atoms with Crippen molar-refractivity contribution in [3.05, 3.63) is 11.3 Å². The van der Waals surface area contributed by atoms with E-state index >= 15 is 0 Å². The third-order valence-corrected chi connectivity index (χ3v) is 2.80. The number of esters is 1. The van der Waals surface area contributed by atoms with Crippen molar-refractivity contribution in [1.82, 2.24) is 5.16 Å². The zero-order valence-corrected chi connectivity index (χ0v) is 10.9. The van der Waals surface area contributed by atoms with Crippen LogP contribution in [0.25, 0.3) is 0 Å². The van der Waals surface area contributed by atoms with Gasteiger partial charge in [-0.1, -0.05) is 5.16 Å². The van der Waals surface area contributed by atoms with Crippen molar-refractivity contribution in [3.63, 3.8) is 0 Å². The molecule has 2 heterocycles. The summed E-state index contributed by atoms with van der Waals surface area (Å²) in [6.07, 6.45) is 1.01. The molecule has 0 radical (unpaired) electrons. The first-order chi connectivity index (χ1) is 9.13. The van der Waals surface area contributed by atoms with Gasteiger partial charge in [0, 0.05) is 6.61 Å². The molecule has 1 amide bonds. The van der Waals surface area contributed by atoms with E-state index in [0.29, 0.717) is 18.7 Å². The zero-order chi connectivity index (χ0) is 13.8. The number of hydrogen-bond acceptors (Lipinski definition) is 6. The van der Waals surface area contributed by atoms with Gasteiger partial charge in [-0.3, -0.25) is 10.1 Å². The Morgan fingerprint density at radius 2 is 2.32 bits per heavy atom. The first-order valence-electron chi connectivity index (χ1n) is 6.19. The van der Waals surface area contributed by atoms with E-state index in [1.165, 1.54) is 0 Å². The van der Waals surface area contributed by atoms with E-state index in [9.17, 15) is 9.59 Å². The first kappa shape index (κ1) is 13.5. The molecule has 1 N–H and O–H groups in total. The number of nitrogens with zero attached hydrogens (tertiary/aromatic N) is 1. The Morgan fingerprint density at radius 1 is 1.53 bits per heavy atom. The number of carbonyl (C=O) groups is 2. The van der Waals surface area contributed by atoms with Gasteiger partial charge in [-0.25, -0.2) is 4.79 Å². The van der Waals surface area contributed by atoms with Gasteiger partial charge in [0.05, 0.1) is 12.3 Å². The largest absolute Gasteiger partial charge is 0.462 e. The molecule has 7 heteroatoms. The van der Waals surface area contributed by atoms with E-state index in [0.717, 1.165) is 6.42 Å². The average molecular weight is 268 g/mol. The molecule has 0 spiro atoms. The van der Waals surface area contributed by atoms with E-state index < -0.39 is 12.1 Å². The summed E-state index contributed by atoms with van der Waals surface area (Å²) in [4.78, 5) is 23.6. The van der Waals surface area contributed by atoms with Crippen molar-refractivity contribution in [1.29, 1.82) is 0 Å². The van der Waals surface area contributed by atoms with Gasteiger partial charge in [0.25, 0.3) is 5.91 Å². The summed E-state index contributed by atoms with van der Waals surface area (Å²) >= 11 is 0. The van der Waals surface area contributed by atoms with E-state index in [-0.39, 0.29) is 24.0 Å². The SMILES string of the molecule is CCOC(=O)c1c(C)noc1NC(=O)C1CCCO1. The molecule has 1 fully saturated rings. The molecule has 1 aromatic heterocycles. The molecular formula is C12H16N2O5. The van der Waals surface area contributed by atoms with Gasteiger partial charge in [-0.2, -0.15) is 0 Å². The summed E-state index contributed by atoms with van der Waals surface area (Å²) < 4.78 is 15.1. The Labute approximate surface area is 110 Å². The number of ether oxygens (including phenoxy) is 2. The van der Waals surface area contributed by atoms with Crippen molar-refractivity contribution < 1.29 is 23.6 Å². The number of anilines is 1. The van der Waals surface area contributed by atoms with Crippen molar-refractivity contribution >= 4 is 17.8 Å². The van der Waals surface area contributed by atoms with Crippen molar-refractivity contribution in [2.75, 3.05) is 18.5 Å². The Balaban J connectivity index is 2.11. The van der Waals surface area contributed by atoms with Gasteiger partial charge < -0.3 is 14.0 Å². The fraction of sp³-hybridized carbons (Fsp3) is 0.583. The summed E-state index contributed by atoms with van der Waals surface area (Å²) in [6, 6.07) is 0. The molecule has 104 valence electrons. The van der Waals surface area contributed by atoms with E-state index in [1.807, 2.05) is 0 Å². The van der Waals surface area contributed by atoms with Crippen LogP contribution in [0.2, 0.25) is 0 Å². The fourth-order valence-corrected chi connectivity index (χ4v) is 1.88. The summed E-state index contributed by atoms with van der Waals surface area (Å²) in [7, 11) is 0. The van der Waals surface area contributed by atoms with Crippen LogP contribution in [0.3, 0.4) is 0 Å². The standard InChI is InChI=1S/C12H16N2O5/c1-3-17-12(16)9-7(2)14-19-11(9)13-10(15)8-5-4-6-18-8/h8H,3-6H2,1-2H3,(H,13,15). The van der Waals surface area contributed by atoms with Crippen LogP contribution in [-0.2, 0) is 14.3 Å². The van der Waals surface area contributed by atoms with Crippen LogP contribution in [0.15, 0.2) is 4.52 Å². The average Bonchev–Trinajstić information content (AvgIpc) is 2.99. The van der Waals surface area contributed by atoms with Crippen LogP contribution in [0, 0.1) is 6.92 Å². The second-order valence-corrected chi connectivity index (χ2v) is 4.18. The van der Waals surface area contributed by atoms with Gasteiger partial charge in [0.2, 0.25) is 5.88 Å². The number of carbonyl (C=O) groups excluding carboxylic acids is 2. The molecule has 1 atom stereocenters. The lowest BCUT2D eigenvalue weighted by Crippen LogP contribution is -2.27. The maximum absolute atomic E-state index is 11.9. The molecule has 7 nitrogen and oxygen atoms in total. The van der Waals surface area contributed by atoms with Gasteiger partial charge in [0.15, 0.2) is 0 Å². The van der Waals surface area contributed by atoms with Gasteiger partial charge in [-0.15, -0.1) is 0 Å². The van der Waals surface area contributed by atoms with Crippen LogP contribution in [0.5, 0.6) is 0 Å². The van der Waals surface area contributed by atoms with E-state index in [4.69, 9.17) is 14.0 Å². The highest BCUT2D eigenvalue weighted by molar-refractivity contribution is 6.01. The van der Waals surface area contributed by atoms with Gasteiger partial charge in [-0.05, 0) is 26.7 Å². The first-order valence-corrected chi connectivity index (χ1v) is 6.19. The summed E-state index contributed by atoms with van der Waals surface area (Å²) in [5.41, 5.74) is 0.522. The number of nitrogens with one attached hydrogen (secondary N) is 1. The summed E-state index contributed by atoms with van der Waals surface area (Å²) in [6.45, 7) is 4.11. The molecular weight excluding hydrogens is 252 g/mol. The lowest BCUT2D eigenvalue weighted by molar-refractivity contribution is -0.124. The molecule has 1 aromatic rings. The highest BCUT2D eigenvalue weighted by atomic mass is 16.5. The Kier molecular flexibility index (Phi) is 4.16. The zero-order valence-electron chi connectivity index (χ0n) is 10.9. The van der Waals surface area contributed by atoms with Crippen LogP contribution in [0.1, 0.15) is 35.8 Å². The highest BCUT2D eigenvalue weighted by Gasteiger charge is 2.28. The van der Waals surface area contributed by atoms with E-state index in [1.54, 1.807) is 13.8 Å². The molecule has 1 unspecified atom stereocenters. The van der Waals surface area contributed by atoms with E-state index in [2.05, 4.69) is 10.5 Å². The van der Waals surface area contributed by atoms with Crippen LogP contribution >= 0.6 is 0 Å². The Morgan fingerprint density at radius 3 is 2.95 bits per heavy atom. The molecule has 1 aliphatic rings. The quantitative estimate of drug-likeness (QED) is 0.827. The second kappa shape index (κ2) is 5.83. The summed E-state index contributed by atoms with van der Waals surface area (Å²) in [5, 5.41) is 6.19. The lowest BCUT2D eigenvalue weighted by Gasteiger charge is -2.08. The Hall–Kier alpha value is -1.89. The minimum absolute atomic E-state index is 0.0106.